The van der Waals surface area contributed by atoms with E-state index in [4.69, 9.17) is 0 Å². The van der Waals surface area contributed by atoms with Gasteiger partial charge in [0, 0.05) is 36.3 Å². The lowest BCUT2D eigenvalue weighted by atomic mass is 9.90. The Morgan fingerprint density at radius 1 is 1.30 bits per heavy atom. The lowest BCUT2D eigenvalue weighted by Crippen LogP contribution is -2.46. The summed E-state index contributed by atoms with van der Waals surface area (Å²) in [6.07, 6.45) is 1.54. The van der Waals surface area contributed by atoms with Gasteiger partial charge in [-0.05, 0) is 36.8 Å². The minimum absolute atomic E-state index is 0.0456. The maximum absolute atomic E-state index is 12.6. The summed E-state index contributed by atoms with van der Waals surface area (Å²) in [5.41, 5.74) is 0.907. The third-order valence-electron chi connectivity index (χ3n) is 4.50. The molecule has 128 valence electrons. The molecule has 0 spiro atoms. The number of aryl methyl sites for hydroxylation is 1. The molecule has 23 heavy (non-hydrogen) atoms. The zero-order valence-corrected chi connectivity index (χ0v) is 15.7. The highest BCUT2D eigenvalue weighted by Gasteiger charge is 2.33. The molecule has 1 aromatic rings. The molecule has 0 unspecified atom stereocenters. The van der Waals surface area contributed by atoms with Gasteiger partial charge in [-0.2, -0.15) is 0 Å². The number of carbonyl (C=O) groups excluding carboxylic acids is 2. The maximum Gasteiger partial charge on any atom is 0.227 e. The highest BCUT2D eigenvalue weighted by Crippen LogP contribution is 2.25. The molecule has 1 aromatic heterocycles. The number of piperidine rings is 1. The van der Waals surface area contributed by atoms with Crippen LogP contribution in [0.4, 0.5) is 0 Å². The number of nitrogens with zero attached hydrogens (tertiary/aromatic N) is 2. The summed E-state index contributed by atoms with van der Waals surface area (Å²) in [4.78, 5) is 29.9. The van der Waals surface area contributed by atoms with Crippen molar-refractivity contribution in [1.82, 2.24) is 9.80 Å². The van der Waals surface area contributed by atoms with Crippen molar-refractivity contribution in [3.05, 3.63) is 21.9 Å². The molecule has 2 rings (SSSR count). The molecular formula is C18H28N2O2S. The highest BCUT2D eigenvalue weighted by atomic mass is 32.1. The number of likely N-dealkylation sites (tertiary alicyclic amines) is 1. The predicted molar refractivity (Wildman–Crippen MR) is 94.3 cm³/mol. The van der Waals surface area contributed by atoms with E-state index in [1.54, 1.807) is 11.3 Å². The molecule has 0 aromatic carbocycles. The zero-order valence-electron chi connectivity index (χ0n) is 14.9. The minimum Gasteiger partial charge on any atom is -0.342 e. The van der Waals surface area contributed by atoms with Crippen LogP contribution in [-0.2, 0) is 16.1 Å². The molecule has 0 aliphatic carbocycles. The summed E-state index contributed by atoms with van der Waals surface area (Å²) in [5, 5.41) is 2.07. The van der Waals surface area contributed by atoms with E-state index in [1.807, 2.05) is 37.6 Å². The molecule has 1 aliphatic heterocycles. The van der Waals surface area contributed by atoms with Crippen molar-refractivity contribution < 1.29 is 9.59 Å². The molecule has 1 saturated heterocycles. The third kappa shape index (κ3) is 4.34. The fraction of sp³-hybridized carbons (Fsp3) is 0.667. The van der Waals surface area contributed by atoms with Crippen LogP contribution in [0, 0.1) is 18.3 Å². The van der Waals surface area contributed by atoms with Gasteiger partial charge in [0.2, 0.25) is 11.8 Å². The lowest BCUT2D eigenvalue weighted by molar-refractivity contribution is -0.144. The minimum atomic E-state index is -0.343. The Labute approximate surface area is 143 Å². The number of hydrogen-bond acceptors (Lipinski definition) is 3. The predicted octanol–water partition coefficient (Wildman–Crippen LogP) is 3.30. The summed E-state index contributed by atoms with van der Waals surface area (Å²) >= 11 is 1.70. The summed E-state index contributed by atoms with van der Waals surface area (Å²) in [6, 6.07) is 2.09. The Morgan fingerprint density at radius 3 is 2.39 bits per heavy atom. The van der Waals surface area contributed by atoms with Crippen LogP contribution >= 0.6 is 11.3 Å². The molecule has 4 nitrogen and oxygen atoms in total. The Kier molecular flexibility index (Phi) is 5.50. The van der Waals surface area contributed by atoms with E-state index in [0.717, 1.165) is 12.8 Å². The Hall–Kier alpha value is -1.36. The third-order valence-corrected chi connectivity index (χ3v) is 5.51. The fourth-order valence-corrected chi connectivity index (χ4v) is 3.93. The Bertz CT molecular complexity index is 566. The molecule has 5 heteroatoms. The first-order valence-electron chi connectivity index (χ1n) is 8.27. The van der Waals surface area contributed by atoms with Gasteiger partial charge in [-0.1, -0.05) is 20.8 Å². The van der Waals surface area contributed by atoms with Crippen molar-refractivity contribution >= 4 is 23.2 Å². The molecule has 2 heterocycles. The number of hydrogen-bond donors (Lipinski definition) is 0. The van der Waals surface area contributed by atoms with E-state index in [9.17, 15) is 9.59 Å². The van der Waals surface area contributed by atoms with E-state index in [0.29, 0.717) is 19.6 Å². The van der Waals surface area contributed by atoms with Crippen LogP contribution in [0.3, 0.4) is 0 Å². The molecule has 0 saturated carbocycles. The second-order valence-electron chi connectivity index (χ2n) is 7.54. The van der Waals surface area contributed by atoms with Crippen molar-refractivity contribution in [2.24, 2.45) is 11.3 Å². The van der Waals surface area contributed by atoms with Gasteiger partial charge in [-0.15, -0.1) is 11.3 Å². The Morgan fingerprint density at radius 2 is 1.91 bits per heavy atom. The highest BCUT2D eigenvalue weighted by molar-refractivity contribution is 7.10. The van der Waals surface area contributed by atoms with Gasteiger partial charge < -0.3 is 9.80 Å². The smallest absolute Gasteiger partial charge is 0.227 e. The van der Waals surface area contributed by atoms with Crippen molar-refractivity contribution in [3.8, 4) is 0 Å². The lowest BCUT2D eigenvalue weighted by Gasteiger charge is -2.36. The van der Waals surface area contributed by atoms with Gasteiger partial charge in [0.1, 0.15) is 0 Å². The van der Waals surface area contributed by atoms with Gasteiger partial charge in [0.25, 0.3) is 0 Å². The maximum atomic E-state index is 12.6. The molecule has 1 fully saturated rings. The first-order valence-corrected chi connectivity index (χ1v) is 9.15. The molecule has 0 radical (unpaired) electrons. The van der Waals surface area contributed by atoms with Crippen molar-refractivity contribution in [2.75, 3.05) is 20.1 Å². The first-order chi connectivity index (χ1) is 10.7. The molecule has 0 N–H and O–H groups in total. The first kappa shape index (κ1) is 18.0. The van der Waals surface area contributed by atoms with Crippen LogP contribution in [0.2, 0.25) is 0 Å². The van der Waals surface area contributed by atoms with Crippen LogP contribution in [0.25, 0.3) is 0 Å². The number of thiophene rings is 1. The fourth-order valence-electron chi connectivity index (χ4n) is 2.97. The van der Waals surface area contributed by atoms with E-state index < -0.39 is 0 Å². The standard InChI is InChI=1S/C18H28N2O2S/c1-13-8-11-23-15(13)12-19(5)16(21)14-6-9-20(10-7-14)17(22)18(2,3)4/h8,11,14H,6-7,9-10,12H2,1-5H3. The van der Waals surface area contributed by atoms with Crippen molar-refractivity contribution in [1.29, 1.82) is 0 Å². The molecule has 2 amide bonds. The van der Waals surface area contributed by atoms with E-state index >= 15 is 0 Å². The zero-order chi connectivity index (χ0) is 17.2. The Balaban J connectivity index is 1.88. The average molecular weight is 337 g/mol. The summed E-state index contributed by atoms with van der Waals surface area (Å²) in [5.74, 6) is 0.441. The second kappa shape index (κ2) is 7.04. The quantitative estimate of drug-likeness (QED) is 0.850. The number of rotatable bonds is 3. The van der Waals surface area contributed by atoms with Crippen LogP contribution in [0.15, 0.2) is 11.4 Å². The van der Waals surface area contributed by atoms with Gasteiger partial charge in [0.15, 0.2) is 0 Å². The summed E-state index contributed by atoms with van der Waals surface area (Å²) in [7, 11) is 1.88. The van der Waals surface area contributed by atoms with Crippen LogP contribution in [-0.4, -0.2) is 41.8 Å². The molecule has 1 aliphatic rings. The van der Waals surface area contributed by atoms with Crippen LogP contribution in [0.1, 0.15) is 44.1 Å². The molecule has 0 bridgehead atoms. The van der Waals surface area contributed by atoms with Crippen molar-refractivity contribution in [2.45, 2.75) is 47.1 Å². The van der Waals surface area contributed by atoms with Crippen LogP contribution < -0.4 is 0 Å². The summed E-state index contributed by atoms with van der Waals surface area (Å²) in [6.45, 7) is 10.00. The number of amides is 2. The topological polar surface area (TPSA) is 40.6 Å². The molecule has 0 atom stereocenters. The van der Waals surface area contributed by atoms with Crippen molar-refractivity contribution in [3.63, 3.8) is 0 Å². The SMILES string of the molecule is Cc1ccsc1CN(C)C(=O)C1CCN(C(=O)C(C)(C)C)CC1. The monoisotopic (exact) mass is 336 g/mol. The second-order valence-corrected chi connectivity index (χ2v) is 8.54. The van der Waals surface area contributed by atoms with Gasteiger partial charge in [-0.25, -0.2) is 0 Å². The number of carbonyl (C=O) groups is 2. The largest absolute Gasteiger partial charge is 0.342 e. The average Bonchev–Trinajstić information content (AvgIpc) is 2.90. The van der Waals surface area contributed by atoms with E-state index in [2.05, 4.69) is 18.4 Å². The van der Waals surface area contributed by atoms with Gasteiger partial charge >= 0.3 is 0 Å². The summed E-state index contributed by atoms with van der Waals surface area (Å²) < 4.78 is 0. The van der Waals surface area contributed by atoms with Gasteiger partial charge in [0.05, 0.1) is 6.54 Å². The van der Waals surface area contributed by atoms with Gasteiger partial charge in [-0.3, -0.25) is 9.59 Å². The molecular weight excluding hydrogens is 308 g/mol. The van der Waals surface area contributed by atoms with E-state index in [-0.39, 0.29) is 23.1 Å². The van der Waals surface area contributed by atoms with E-state index in [1.165, 1.54) is 10.4 Å². The normalized spacial score (nSPS) is 16.5. The van der Waals surface area contributed by atoms with Crippen LogP contribution in [0.5, 0.6) is 0 Å².